The van der Waals surface area contributed by atoms with Gasteiger partial charge >= 0.3 is 0 Å². The van der Waals surface area contributed by atoms with Gasteiger partial charge in [0.1, 0.15) is 11.7 Å². The first kappa shape index (κ1) is 15.1. The van der Waals surface area contributed by atoms with E-state index in [2.05, 4.69) is 32.4 Å². The standard InChI is InChI=1S/C21H26O2/c1-13-10-15-16-4-5-19(23)21(16,3)9-7-17(15)20(2)8-6-14(12-22)11-18(13)20/h11,15-17H,1,4-10H2,2-3H3. The fraction of sp³-hybridized carbons (Fsp3) is 0.667. The van der Waals surface area contributed by atoms with Crippen LogP contribution in [0.4, 0.5) is 0 Å². The van der Waals surface area contributed by atoms with Gasteiger partial charge in [0.2, 0.25) is 0 Å². The average Bonchev–Trinajstić information content (AvgIpc) is 2.83. The first-order valence-corrected chi connectivity index (χ1v) is 9.08. The molecule has 0 N–H and O–H groups in total. The quantitative estimate of drug-likeness (QED) is 0.620. The molecule has 4 aliphatic rings. The SMILES string of the molecule is C=C1CC2C3CCC(=O)C3(C)CCC2C2(C)CCC(=C=O)C=C12. The molecule has 5 unspecified atom stereocenters. The molecule has 122 valence electrons. The van der Waals surface area contributed by atoms with Gasteiger partial charge in [0, 0.05) is 17.4 Å². The molecule has 0 heterocycles. The third-order valence-corrected chi connectivity index (χ3v) is 7.81. The molecule has 0 bridgehead atoms. The summed E-state index contributed by atoms with van der Waals surface area (Å²) in [7, 11) is 0. The molecule has 0 aromatic heterocycles. The molecule has 0 spiro atoms. The van der Waals surface area contributed by atoms with Gasteiger partial charge in [-0.1, -0.05) is 26.0 Å². The number of carbonyl (C=O) groups excluding carboxylic acids is 2. The second-order valence-corrected chi connectivity index (χ2v) is 8.71. The number of hydrogen-bond donors (Lipinski definition) is 0. The van der Waals surface area contributed by atoms with Crippen LogP contribution in [0, 0.1) is 28.6 Å². The van der Waals surface area contributed by atoms with Crippen molar-refractivity contribution < 1.29 is 9.59 Å². The van der Waals surface area contributed by atoms with Crippen molar-refractivity contribution in [3.63, 3.8) is 0 Å². The molecule has 0 amide bonds. The van der Waals surface area contributed by atoms with Gasteiger partial charge in [-0.15, -0.1) is 0 Å². The summed E-state index contributed by atoms with van der Waals surface area (Å²) in [5.74, 6) is 4.36. The maximum absolute atomic E-state index is 12.5. The minimum absolute atomic E-state index is 0.0818. The van der Waals surface area contributed by atoms with Crippen molar-refractivity contribution in [2.45, 2.75) is 58.8 Å². The topological polar surface area (TPSA) is 34.1 Å². The number of carbonyl (C=O) groups is 1. The lowest BCUT2D eigenvalue weighted by Gasteiger charge is -2.57. The van der Waals surface area contributed by atoms with Crippen LogP contribution >= 0.6 is 0 Å². The Morgan fingerprint density at radius 2 is 1.87 bits per heavy atom. The van der Waals surface area contributed by atoms with E-state index in [0.29, 0.717) is 23.5 Å². The van der Waals surface area contributed by atoms with Gasteiger partial charge in [-0.2, -0.15) is 0 Å². The molecule has 4 rings (SSSR count). The second kappa shape index (κ2) is 4.80. The van der Waals surface area contributed by atoms with Gasteiger partial charge in [-0.25, -0.2) is 4.79 Å². The highest BCUT2D eigenvalue weighted by Gasteiger charge is 2.59. The number of hydrogen-bond acceptors (Lipinski definition) is 2. The second-order valence-electron chi connectivity index (χ2n) is 8.71. The molecule has 0 aromatic rings. The summed E-state index contributed by atoms with van der Waals surface area (Å²) < 4.78 is 0. The van der Waals surface area contributed by atoms with E-state index in [9.17, 15) is 9.59 Å². The van der Waals surface area contributed by atoms with E-state index >= 15 is 0 Å². The van der Waals surface area contributed by atoms with Gasteiger partial charge in [-0.05, 0) is 73.3 Å². The maximum atomic E-state index is 12.5. The van der Waals surface area contributed by atoms with Crippen molar-refractivity contribution in [2.75, 3.05) is 0 Å². The van der Waals surface area contributed by atoms with Crippen LogP contribution in [0.5, 0.6) is 0 Å². The molecule has 2 nitrogen and oxygen atoms in total. The summed E-state index contributed by atoms with van der Waals surface area (Å²) in [5.41, 5.74) is 3.35. The minimum atomic E-state index is -0.0818. The number of Topliss-reactive ketones (excluding diaryl/α,β-unsaturated/α-hetero) is 1. The minimum Gasteiger partial charge on any atom is -0.299 e. The average molecular weight is 310 g/mol. The van der Waals surface area contributed by atoms with Crippen molar-refractivity contribution in [3.05, 3.63) is 29.4 Å². The summed E-state index contributed by atoms with van der Waals surface area (Å²) in [6.07, 6.45) is 8.97. The van der Waals surface area contributed by atoms with Gasteiger partial charge < -0.3 is 0 Å². The summed E-state index contributed by atoms with van der Waals surface area (Å²) in [5, 5.41) is 0. The largest absolute Gasteiger partial charge is 0.299 e. The van der Waals surface area contributed by atoms with Crippen LogP contribution in [0.25, 0.3) is 0 Å². The van der Waals surface area contributed by atoms with Gasteiger partial charge in [0.25, 0.3) is 0 Å². The summed E-state index contributed by atoms with van der Waals surface area (Å²) in [4.78, 5) is 23.5. The number of ketones is 1. The Hall–Kier alpha value is -1.40. The zero-order valence-corrected chi connectivity index (χ0v) is 14.3. The highest BCUT2D eigenvalue weighted by atomic mass is 16.1. The predicted molar refractivity (Wildman–Crippen MR) is 90.4 cm³/mol. The van der Waals surface area contributed by atoms with Crippen LogP contribution in [-0.2, 0) is 9.59 Å². The van der Waals surface area contributed by atoms with E-state index in [1.807, 2.05) is 0 Å². The number of rotatable bonds is 0. The van der Waals surface area contributed by atoms with Crippen molar-refractivity contribution in [1.29, 1.82) is 0 Å². The zero-order chi connectivity index (χ0) is 16.4. The molecule has 3 fully saturated rings. The Kier molecular flexibility index (Phi) is 3.16. The lowest BCUT2D eigenvalue weighted by Crippen LogP contribution is -2.50. The predicted octanol–water partition coefficient (Wildman–Crippen LogP) is 4.44. The van der Waals surface area contributed by atoms with Gasteiger partial charge in [0.15, 0.2) is 0 Å². The third kappa shape index (κ3) is 1.88. The Labute approximate surface area is 138 Å². The highest BCUT2D eigenvalue weighted by molar-refractivity contribution is 5.87. The van der Waals surface area contributed by atoms with E-state index in [0.717, 1.165) is 50.5 Å². The fourth-order valence-electron chi connectivity index (χ4n) is 6.44. The number of allylic oxidation sites excluding steroid dienone is 4. The molecule has 23 heavy (non-hydrogen) atoms. The van der Waals surface area contributed by atoms with Crippen LogP contribution in [-0.4, -0.2) is 11.7 Å². The van der Waals surface area contributed by atoms with Gasteiger partial charge in [0.05, 0.1) is 0 Å². The fourth-order valence-corrected chi connectivity index (χ4v) is 6.44. The molecule has 0 saturated heterocycles. The van der Waals surface area contributed by atoms with E-state index < -0.39 is 0 Å². The molecular weight excluding hydrogens is 284 g/mol. The summed E-state index contributed by atoms with van der Waals surface area (Å²) >= 11 is 0. The molecule has 0 aliphatic heterocycles. The Bertz CT molecular complexity index is 678. The van der Waals surface area contributed by atoms with Gasteiger partial charge in [-0.3, -0.25) is 4.79 Å². The normalized spacial score (nSPS) is 45.7. The third-order valence-electron chi connectivity index (χ3n) is 7.81. The molecule has 5 atom stereocenters. The molecule has 0 aromatic carbocycles. The number of fused-ring (bicyclic) bond motifs is 5. The van der Waals surface area contributed by atoms with Crippen molar-refractivity contribution in [3.8, 4) is 0 Å². The van der Waals surface area contributed by atoms with E-state index in [4.69, 9.17) is 0 Å². The molecule has 0 radical (unpaired) electrons. The van der Waals surface area contributed by atoms with Crippen LogP contribution in [0.15, 0.2) is 29.4 Å². The molecule has 2 heteroatoms. The Morgan fingerprint density at radius 3 is 2.61 bits per heavy atom. The first-order valence-electron chi connectivity index (χ1n) is 9.08. The molecule has 4 aliphatic carbocycles. The monoisotopic (exact) mass is 310 g/mol. The summed E-state index contributed by atoms with van der Waals surface area (Å²) in [6.45, 7) is 8.96. The van der Waals surface area contributed by atoms with E-state index in [1.165, 1.54) is 11.1 Å². The van der Waals surface area contributed by atoms with Crippen LogP contribution < -0.4 is 0 Å². The Balaban J connectivity index is 1.76. The van der Waals surface area contributed by atoms with Crippen LogP contribution in [0.1, 0.15) is 58.8 Å². The zero-order valence-electron chi connectivity index (χ0n) is 14.3. The lowest BCUT2D eigenvalue weighted by molar-refractivity contribution is -0.131. The van der Waals surface area contributed by atoms with E-state index in [1.54, 1.807) is 0 Å². The molecular formula is C21H26O2. The summed E-state index contributed by atoms with van der Waals surface area (Å²) in [6, 6.07) is 0. The van der Waals surface area contributed by atoms with E-state index in [-0.39, 0.29) is 10.8 Å². The van der Waals surface area contributed by atoms with Crippen LogP contribution in [0.3, 0.4) is 0 Å². The Morgan fingerprint density at radius 1 is 1.13 bits per heavy atom. The van der Waals surface area contributed by atoms with Crippen molar-refractivity contribution in [2.24, 2.45) is 28.6 Å². The van der Waals surface area contributed by atoms with Crippen LogP contribution in [0.2, 0.25) is 0 Å². The first-order chi connectivity index (χ1) is 10.9. The molecule has 3 saturated carbocycles. The van der Waals surface area contributed by atoms with Crippen molar-refractivity contribution >= 4 is 11.7 Å². The maximum Gasteiger partial charge on any atom is 0.139 e. The lowest BCUT2D eigenvalue weighted by atomic mass is 9.46. The highest BCUT2D eigenvalue weighted by Crippen LogP contribution is 2.65. The van der Waals surface area contributed by atoms with Crippen molar-refractivity contribution in [1.82, 2.24) is 0 Å². The smallest absolute Gasteiger partial charge is 0.139 e.